The highest BCUT2D eigenvalue weighted by molar-refractivity contribution is 6.01. The quantitative estimate of drug-likeness (QED) is 0.490. The van der Waals surface area contributed by atoms with Crippen molar-refractivity contribution in [3.63, 3.8) is 0 Å². The third kappa shape index (κ3) is 3.46. The predicted octanol–water partition coefficient (Wildman–Crippen LogP) is 4.88. The van der Waals surface area contributed by atoms with Gasteiger partial charge in [0.1, 0.15) is 5.82 Å². The maximum absolute atomic E-state index is 13.2. The fourth-order valence-corrected chi connectivity index (χ4v) is 4.24. The molecule has 0 radical (unpaired) electrons. The molecule has 0 fully saturated rings. The molecule has 0 unspecified atom stereocenters. The second kappa shape index (κ2) is 7.72. The molecular weight excluding hydrogens is 393 g/mol. The molecule has 0 saturated carbocycles. The molecule has 1 aliphatic heterocycles. The van der Waals surface area contributed by atoms with Crippen molar-refractivity contribution in [2.75, 3.05) is 11.9 Å². The van der Waals surface area contributed by atoms with Gasteiger partial charge in [0.15, 0.2) is 0 Å². The first-order valence-corrected chi connectivity index (χ1v) is 10.1. The molecule has 2 heterocycles. The molecule has 1 aliphatic rings. The van der Waals surface area contributed by atoms with E-state index in [1.165, 1.54) is 24.3 Å². The van der Waals surface area contributed by atoms with Gasteiger partial charge in [0.25, 0.3) is 5.91 Å². The van der Waals surface area contributed by atoms with Crippen LogP contribution in [-0.4, -0.2) is 28.2 Å². The van der Waals surface area contributed by atoms with Crippen LogP contribution in [0.15, 0.2) is 79.0 Å². The number of fused-ring (bicyclic) bond motifs is 2. The third-order valence-corrected chi connectivity index (χ3v) is 5.68. The van der Waals surface area contributed by atoms with Crippen LogP contribution in [0.25, 0.3) is 10.9 Å². The Kier molecular flexibility index (Phi) is 4.75. The Morgan fingerprint density at radius 1 is 0.968 bits per heavy atom. The number of aromatic nitrogens is 1. The van der Waals surface area contributed by atoms with Gasteiger partial charge in [-0.2, -0.15) is 0 Å². The number of hydrogen-bond acceptors (Lipinski definition) is 2. The molecule has 4 aromatic rings. The Hall–Kier alpha value is -3.93. The second-order valence-electron chi connectivity index (χ2n) is 7.58. The van der Waals surface area contributed by atoms with Gasteiger partial charge >= 0.3 is 0 Å². The largest absolute Gasteiger partial charge is 0.361 e. The number of para-hydroxylation sites is 1. The van der Waals surface area contributed by atoms with Crippen LogP contribution in [-0.2, 0) is 4.79 Å². The van der Waals surface area contributed by atoms with Crippen molar-refractivity contribution in [1.29, 1.82) is 0 Å². The van der Waals surface area contributed by atoms with Crippen molar-refractivity contribution < 1.29 is 14.0 Å². The Bertz CT molecular complexity index is 1280. The van der Waals surface area contributed by atoms with Gasteiger partial charge < -0.3 is 15.2 Å². The molecule has 0 spiro atoms. The molecular formula is C25H20FN3O2. The van der Waals surface area contributed by atoms with E-state index >= 15 is 0 Å². The zero-order valence-electron chi connectivity index (χ0n) is 16.6. The molecule has 1 atom stereocenters. The topological polar surface area (TPSA) is 65.2 Å². The van der Waals surface area contributed by atoms with E-state index in [4.69, 9.17) is 0 Å². The molecule has 31 heavy (non-hydrogen) atoms. The molecule has 3 aromatic carbocycles. The van der Waals surface area contributed by atoms with E-state index in [9.17, 15) is 14.0 Å². The van der Waals surface area contributed by atoms with E-state index in [0.29, 0.717) is 11.3 Å². The molecule has 0 saturated heterocycles. The van der Waals surface area contributed by atoms with Crippen LogP contribution < -0.4 is 5.32 Å². The minimum absolute atomic E-state index is 0.0829. The van der Waals surface area contributed by atoms with Crippen LogP contribution in [0.1, 0.15) is 33.9 Å². The predicted molar refractivity (Wildman–Crippen MR) is 117 cm³/mol. The third-order valence-electron chi connectivity index (χ3n) is 5.68. The summed E-state index contributed by atoms with van der Waals surface area (Å²) >= 11 is 0. The summed E-state index contributed by atoms with van der Waals surface area (Å²) in [4.78, 5) is 30.7. The van der Waals surface area contributed by atoms with E-state index in [-0.39, 0.29) is 36.6 Å². The van der Waals surface area contributed by atoms with Crippen LogP contribution >= 0.6 is 0 Å². The smallest absolute Gasteiger partial charge is 0.255 e. The number of halogens is 1. The lowest BCUT2D eigenvalue weighted by Crippen LogP contribution is -2.32. The lowest BCUT2D eigenvalue weighted by Gasteiger charge is -2.25. The number of nitrogens with zero attached hydrogens (tertiary/aromatic N) is 1. The zero-order chi connectivity index (χ0) is 21.4. The van der Waals surface area contributed by atoms with Gasteiger partial charge in [0.05, 0.1) is 6.04 Å². The number of nitrogens with one attached hydrogen (secondary N) is 2. The zero-order valence-corrected chi connectivity index (χ0v) is 16.6. The summed E-state index contributed by atoms with van der Waals surface area (Å²) in [6.07, 6.45) is 2.08. The van der Waals surface area contributed by atoms with Gasteiger partial charge in [-0.1, -0.05) is 36.4 Å². The van der Waals surface area contributed by atoms with Gasteiger partial charge in [-0.25, -0.2) is 4.39 Å². The molecule has 1 aromatic heterocycles. The lowest BCUT2D eigenvalue weighted by molar-refractivity contribution is -0.116. The number of amides is 2. The van der Waals surface area contributed by atoms with Crippen molar-refractivity contribution in [3.8, 4) is 0 Å². The summed E-state index contributed by atoms with van der Waals surface area (Å²) in [6.45, 7) is 0.269. The van der Waals surface area contributed by atoms with Crippen molar-refractivity contribution in [2.45, 2.75) is 12.5 Å². The number of rotatable bonds is 5. The van der Waals surface area contributed by atoms with Crippen molar-refractivity contribution in [2.24, 2.45) is 0 Å². The highest BCUT2D eigenvalue weighted by atomic mass is 19.1. The monoisotopic (exact) mass is 413 g/mol. The lowest BCUT2D eigenvalue weighted by atomic mass is 9.97. The molecule has 2 N–H and O–H groups in total. The minimum Gasteiger partial charge on any atom is -0.361 e. The fourth-order valence-electron chi connectivity index (χ4n) is 4.24. The van der Waals surface area contributed by atoms with E-state index in [1.807, 2.05) is 54.7 Å². The number of H-pyrrole nitrogens is 1. The SMILES string of the molecule is O=C(CCN1C(=O)c2ccccc2[C@@H]1c1c[nH]c2ccccc12)Nc1ccc(F)cc1. The average Bonchev–Trinajstić information content (AvgIpc) is 3.33. The standard InChI is InChI=1S/C25H20FN3O2/c26-16-9-11-17(12-10-16)28-23(30)13-14-29-24(19-6-1-2-7-20(19)25(29)31)21-15-27-22-8-4-3-5-18(21)22/h1-12,15,24,27H,13-14H2,(H,28,30)/t24-/m1/s1. The van der Waals surface area contributed by atoms with Crippen molar-refractivity contribution in [1.82, 2.24) is 9.88 Å². The average molecular weight is 413 g/mol. The number of benzene rings is 3. The highest BCUT2D eigenvalue weighted by Gasteiger charge is 2.38. The molecule has 2 amide bonds. The van der Waals surface area contributed by atoms with E-state index in [0.717, 1.165) is 22.0 Å². The Morgan fingerprint density at radius 2 is 1.71 bits per heavy atom. The van der Waals surface area contributed by atoms with Crippen LogP contribution in [0, 0.1) is 5.82 Å². The Morgan fingerprint density at radius 3 is 2.55 bits per heavy atom. The van der Waals surface area contributed by atoms with Gasteiger partial charge in [-0.3, -0.25) is 9.59 Å². The van der Waals surface area contributed by atoms with Crippen molar-refractivity contribution >= 4 is 28.4 Å². The van der Waals surface area contributed by atoms with E-state index in [1.54, 1.807) is 4.90 Å². The minimum atomic E-state index is -0.361. The molecule has 154 valence electrons. The van der Waals surface area contributed by atoms with Crippen LogP contribution in [0.3, 0.4) is 0 Å². The summed E-state index contributed by atoms with van der Waals surface area (Å²) in [5.41, 5.74) is 4.14. The number of aromatic amines is 1. The number of anilines is 1. The van der Waals surface area contributed by atoms with Gasteiger partial charge in [-0.05, 0) is 42.0 Å². The van der Waals surface area contributed by atoms with E-state index in [2.05, 4.69) is 10.3 Å². The first kappa shape index (κ1) is 19.1. The fraction of sp³-hybridized carbons (Fsp3) is 0.120. The first-order valence-electron chi connectivity index (χ1n) is 10.1. The summed E-state index contributed by atoms with van der Waals surface area (Å²) in [6, 6.07) is 20.9. The maximum Gasteiger partial charge on any atom is 0.255 e. The maximum atomic E-state index is 13.2. The summed E-state index contributed by atoms with van der Waals surface area (Å²) in [5.74, 6) is -0.673. The molecule has 6 heteroatoms. The normalized spacial score (nSPS) is 15.3. The molecule has 5 nitrogen and oxygen atoms in total. The number of carbonyl (C=O) groups excluding carboxylic acids is 2. The van der Waals surface area contributed by atoms with Crippen LogP contribution in [0.4, 0.5) is 10.1 Å². The van der Waals surface area contributed by atoms with Crippen LogP contribution in [0.5, 0.6) is 0 Å². The van der Waals surface area contributed by atoms with E-state index < -0.39 is 0 Å². The summed E-state index contributed by atoms with van der Waals surface area (Å²) in [5, 5.41) is 3.81. The van der Waals surface area contributed by atoms with Crippen molar-refractivity contribution in [3.05, 3.63) is 102 Å². The summed E-state index contributed by atoms with van der Waals surface area (Å²) < 4.78 is 13.1. The molecule has 0 bridgehead atoms. The van der Waals surface area contributed by atoms with Crippen LogP contribution in [0.2, 0.25) is 0 Å². The Balaban J connectivity index is 1.42. The number of hydrogen-bond donors (Lipinski definition) is 2. The van der Waals surface area contributed by atoms with Gasteiger partial charge in [0, 0.05) is 46.9 Å². The second-order valence-corrected chi connectivity index (χ2v) is 7.58. The highest BCUT2D eigenvalue weighted by Crippen LogP contribution is 2.41. The van der Waals surface area contributed by atoms with Gasteiger partial charge in [-0.15, -0.1) is 0 Å². The van der Waals surface area contributed by atoms with Gasteiger partial charge in [0.2, 0.25) is 5.91 Å². The molecule has 5 rings (SSSR count). The molecule has 0 aliphatic carbocycles. The number of carbonyl (C=O) groups is 2. The summed E-state index contributed by atoms with van der Waals surface area (Å²) in [7, 11) is 0. The Labute approximate surface area is 178 Å². The first-order chi connectivity index (χ1) is 15.1.